The summed E-state index contributed by atoms with van der Waals surface area (Å²) in [4.78, 5) is 31.7. The van der Waals surface area contributed by atoms with Crippen LogP contribution in [0.5, 0.6) is 0 Å². The molecule has 0 saturated carbocycles. The number of carbonyl (C=O) groups excluding carboxylic acids is 2. The number of nitrogens with two attached hydrogens (primary N) is 1. The molecule has 31 heavy (non-hydrogen) atoms. The predicted molar refractivity (Wildman–Crippen MR) is 120 cm³/mol. The van der Waals surface area contributed by atoms with Crippen LogP contribution in [0, 0.1) is 0 Å². The first-order valence-electron chi connectivity index (χ1n) is 10.5. The number of nitrogens with zero attached hydrogens (tertiary/aromatic N) is 2. The van der Waals surface area contributed by atoms with E-state index >= 15 is 0 Å². The SMILES string of the molecule is C[C@H]1C[C@@H](N2C(=O)C[C@@](C)(c3cccc(N)c3Cl)N/C2=N\C(=O)OC(C)(C)C)CCO1. The van der Waals surface area contributed by atoms with Crippen molar-refractivity contribution >= 4 is 35.2 Å². The molecule has 2 aliphatic rings. The summed E-state index contributed by atoms with van der Waals surface area (Å²) < 4.78 is 11.0. The normalized spacial score (nSPS) is 28.4. The molecule has 2 heterocycles. The smallest absolute Gasteiger partial charge is 0.437 e. The van der Waals surface area contributed by atoms with Gasteiger partial charge in [-0.05, 0) is 59.1 Å². The van der Waals surface area contributed by atoms with Gasteiger partial charge in [-0.25, -0.2) is 4.79 Å². The van der Waals surface area contributed by atoms with Gasteiger partial charge in [0.2, 0.25) is 11.9 Å². The Kier molecular flexibility index (Phi) is 6.53. The zero-order chi connectivity index (χ0) is 23.0. The molecule has 170 valence electrons. The van der Waals surface area contributed by atoms with E-state index in [4.69, 9.17) is 26.8 Å². The first-order chi connectivity index (χ1) is 14.4. The van der Waals surface area contributed by atoms with E-state index < -0.39 is 17.2 Å². The highest BCUT2D eigenvalue weighted by atomic mass is 35.5. The molecule has 2 aliphatic heterocycles. The van der Waals surface area contributed by atoms with E-state index in [0.29, 0.717) is 35.7 Å². The largest absolute Gasteiger partial charge is 0.442 e. The average molecular weight is 451 g/mol. The number of rotatable bonds is 2. The topological polar surface area (TPSA) is 106 Å². The molecule has 1 aromatic rings. The second-order valence-electron chi connectivity index (χ2n) is 9.38. The molecular formula is C22H31ClN4O4. The van der Waals surface area contributed by atoms with Crippen molar-refractivity contribution in [3.8, 4) is 0 Å². The lowest BCUT2D eigenvalue weighted by Gasteiger charge is -2.45. The summed E-state index contributed by atoms with van der Waals surface area (Å²) in [5, 5.41) is 3.67. The van der Waals surface area contributed by atoms with E-state index in [1.54, 1.807) is 37.8 Å². The van der Waals surface area contributed by atoms with Crippen LogP contribution in [0.1, 0.15) is 59.4 Å². The molecular weight excluding hydrogens is 420 g/mol. The number of anilines is 1. The Labute approximate surface area is 188 Å². The third-order valence-electron chi connectivity index (χ3n) is 5.43. The fourth-order valence-electron chi connectivity index (χ4n) is 4.03. The van der Waals surface area contributed by atoms with Crippen molar-refractivity contribution in [2.24, 2.45) is 4.99 Å². The summed E-state index contributed by atoms with van der Waals surface area (Å²) in [6.07, 6.45) is 0.675. The van der Waals surface area contributed by atoms with Crippen molar-refractivity contribution in [3.05, 3.63) is 28.8 Å². The Morgan fingerprint density at radius 3 is 2.77 bits per heavy atom. The molecule has 3 atom stereocenters. The van der Waals surface area contributed by atoms with E-state index in [1.807, 2.05) is 19.9 Å². The second-order valence-corrected chi connectivity index (χ2v) is 9.76. The van der Waals surface area contributed by atoms with Crippen LogP contribution >= 0.6 is 11.6 Å². The highest BCUT2D eigenvalue weighted by Crippen LogP contribution is 2.37. The summed E-state index contributed by atoms with van der Waals surface area (Å²) in [6.45, 7) is 9.64. The van der Waals surface area contributed by atoms with Gasteiger partial charge in [-0.2, -0.15) is 0 Å². The molecule has 0 aliphatic carbocycles. The Hall–Kier alpha value is -2.32. The Morgan fingerprint density at radius 2 is 2.13 bits per heavy atom. The fourth-order valence-corrected chi connectivity index (χ4v) is 4.37. The van der Waals surface area contributed by atoms with Gasteiger partial charge >= 0.3 is 6.09 Å². The summed E-state index contributed by atoms with van der Waals surface area (Å²) in [6, 6.07) is 5.16. The number of amides is 2. The maximum Gasteiger partial charge on any atom is 0.437 e. The van der Waals surface area contributed by atoms with E-state index in [0.717, 1.165) is 0 Å². The zero-order valence-corrected chi connectivity index (χ0v) is 19.5. The van der Waals surface area contributed by atoms with Crippen molar-refractivity contribution in [3.63, 3.8) is 0 Å². The minimum atomic E-state index is -0.891. The van der Waals surface area contributed by atoms with Crippen molar-refractivity contribution in [1.29, 1.82) is 0 Å². The van der Waals surface area contributed by atoms with Crippen LogP contribution in [0.25, 0.3) is 0 Å². The third kappa shape index (κ3) is 5.30. The monoisotopic (exact) mass is 450 g/mol. The molecule has 2 amide bonds. The van der Waals surface area contributed by atoms with Gasteiger partial charge in [0.15, 0.2) is 0 Å². The average Bonchev–Trinajstić information content (AvgIpc) is 2.61. The molecule has 8 nitrogen and oxygen atoms in total. The molecule has 2 fully saturated rings. The molecule has 9 heteroatoms. The first-order valence-corrected chi connectivity index (χ1v) is 10.9. The molecule has 0 bridgehead atoms. The van der Waals surface area contributed by atoms with Crippen LogP contribution in [0.2, 0.25) is 5.02 Å². The van der Waals surface area contributed by atoms with Crippen LogP contribution in [0.3, 0.4) is 0 Å². The molecule has 0 unspecified atom stereocenters. The van der Waals surface area contributed by atoms with Gasteiger partial charge < -0.3 is 20.5 Å². The van der Waals surface area contributed by atoms with Crippen LogP contribution in [-0.4, -0.2) is 47.2 Å². The second kappa shape index (κ2) is 8.67. The van der Waals surface area contributed by atoms with Crippen LogP contribution in [0.4, 0.5) is 10.5 Å². The fraction of sp³-hybridized carbons (Fsp3) is 0.591. The predicted octanol–water partition coefficient (Wildman–Crippen LogP) is 3.82. The van der Waals surface area contributed by atoms with Crippen molar-refractivity contribution in [2.45, 2.75) is 77.2 Å². The number of guanidine groups is 1. The summed E-state index contributed by atoms with van der Waals surface area (Å²) in [7, 11) is 0. The lowest BCUT2D eigenvalue weighted by Crippen LogP contribution is -2.63. The van der Waals surface area contributed by atoms with Gasteiger partial charge in [0.25, 0.3) is 0 Å². The lowest BCUT2D eigenvalue weighted by atomic mass is 9.85. The zero-order valence-electron chi connectivity index (χ0n) is 18.7. The summed E-state index contributed by atoms with van der Waals surface area (Å²) >= 11 is 6.47. The minimum Gasteiger partial charge on any atom is -0.442 e. The standard InChI is InChI=1S/C22H31ClN4O4/c1-13-11-14(9-10-30-13)27-17(28)12-22(5,15-7-6-8-16(24)18(15)23)26-19(27)25-20(29)31-21(2,3)4/h6-8,13-14H,9-12,24H2,1-5H3,(H,25,26,29)/t13-,14-,22-/m0/s1. The van der Waals surface area contributed by atoms with Crippen molar-refractivity contribution in [1.82, 2.24) is 10.2 Å². The number of halogens is 1. The van der Waals surface area contributed by atoms with Gasteiger partial charge in [0.05, 0.1) is 28.8 Å². The maximum atomic E-state index is 13.4. The highest BCUT2D eigenvalue weighted by Gasteiger charge is 2.44. The maximum absolute atomic E-state index is 13.4. The number of hydrogen-bond acceptors (Lipinski definition) is 5. The number of hydrogen-bond donors (Lipinski definition) is 2. The lowest BCUT2D eigenvalue weighted by molar-refractivity contribution is -0.134. The minimum absolute atomic E-state index is 0.00556. The number of ether oxygens (including phenoxy) is 2. The molecule has 0 aromatic heterocycles. The van der Waals surface area contributed by atoms with Gasteiger partial charge in [-0.1, -0.05) is 23.7 Å². The van der Waals surface area contributed by atoms with E-state index in [2.05, 4.69) is 10.3 Å². The van der Waals surface area contributed by atoms with Crippen LogP contribution in [0.15, 0.2) is 23.2 Å². The number of nitrogens with one attached hydrogen (secondary N) is 1. The quantitative estimate of drug-likeness (QED) is 0.663. The Bertz CT molecular complexity index is 898. The molecule has 3 N–H and O–H groups in total. The van der Waals surface area contributed by atoms with Gasteiger partial charge in [0.1, 0.15) is 5.60 Å². The number of carbonyl (C=O) groups is 2. The van der Waals surface area contributed by atoms with Gasteiger partial charge in [0, 0.05) is 12.6 Å². The Balaban J connectivity index is 2.01. The molecule has 3 rings (SSSR count). The van der Waals surface area contributed by atoms with Gasteiger partial charge in [-0.3, -0.25) is 9.69 Å². The van der Waals surface area contributed by atoms with Crippen molar-refractivity contribution < 1.29 is 19.1 Å². The highest BCUT2D eigenvalue weighted by molar-refractivity contribution is 6.34. The molecule has 1 aromatic carbocycles. The molecule has 2 saturated heterocycles. The van der Waals surface area contributed by atoms with Crippen LogP contribution < -0.4 is 11.1 Å². The number of aliphatic imine (C=N–C) groups is 1. The molecule has 0 spiro atoms. The summed E-state index contributed by atoms with van der Waals surface area (Å²) in [5.74, 6) is 0.00624. The van der Waals surface area contributed by atoms with Gasteiger partial charge in [-0.15, -0.1) is 4.99 Å². The van der Waals surface area contributed by atoms with Crippen molar-refractivity contribution in [2.75, 3.05) is 12.3 Å². The third-order valence-corrected chi connectivity index (χ3v) is 5.85. The summed E-state index contributed by atoms with van der Waals surface area (Å²) in [5.41, 5.74) is 5.47. The van der Waals surface area contributed by atoms with E-state index in [-0.39, 0.29) is 30.4 Å². The first kappa shape index (κ1) is 23.3. The van der Waals surface area contributed by atoms with E-state index in [1.165, 1.54) is 0 Å². The molecule has 0 radical (unpaired) electrons. The number of benzene rings is 1. The van der Waals surface area contributed by atoms with E-state index in [9.17, 15) is 9.59 Å². The number of nitrogen functional groups attached to an aromatic ring is 1. The van der Waals surface area contributed by atoms with Crippen LogP contribution in [-0.2, 0) is 19.8 Å². The Morgan fingerprint density at radius 1 is 1.42 bits per heavy atom.